The molecule has 0 saturated heterocycles. The zero-order valence-corrected chi connectivity index (χ0v) is 16.6. The Bertz CT molecular complexity index is 916. The van der Waals surface area contributed by atoms with Crippen LogP contribution in [0.25, 0.3) is 0 Å². The number of aromatic nitrogens is 2. The molecule has 0 spiro atoms. The van der Waals surface area contributed by atoms with Gasteiger partial charge in [-0.05, 0) is 18.1 Å². The van der Waals surface area contributed by atoms with E-state index in [1.165, 1.54) is 0 Å². The van der Waals surface area contributed by atoms with E-state index in [0.29, 0.717) is 13.2 Å². The van der Waals surface area contributed by atoms with E-state index in [1.807, 2.05) is 60.7 Å². The molecule has 2 aromatic carbocycles. The van der Waals surface area contributed by atoms with Crippen LogP contribution in [0.1, 0.15) is 23.9 Å². The van der Waals surface area contributed by atoms with Crippen LogP contribution in [-0.4, -0.2) is 28.3 Å². The summed E-state index contributed by atoms with van der Waals surface area (Å²) in [6, 6.07) is 20.8. The van der Waals surface area contributed by atoms with Gasteiger partial charge >= 0.3 is 5.97 Å². The molecular formula is C23H22N2O5. The number of ether oxygens (including phenoxy) is 3. The molecule has 3 aromatic rings. The lowest BCUT2D eigenvalue weighted by Crippen LogP contribution is -2.20. The Morgan fingerprint density at radius 3 is 1.77 bits per heavy atom. The summed E-state index contributed by atoms with van der Waals surface area (Å²) >= 11 is 0. The molecule has 0 amide bonds. The van der Waals surface area contributed by atoms with Crippen molar-refractivity contribution in [1.82, 2.24) is 9.97 Å². The molecule has 0 atom stereocenters. The monoisotopic (exact) mass is 406 g/mol. The molecule has 7 nitrogen and oxygen atoms in total. The first kappa shape index (κ1) is 21.0. The summed E-state index contributed by atoms with van der Waals surface area (Å²) in [5.74, 6) is -1.01. The molecular weight excluding hydrogens is 384 g/mol. The molecule has 3 rings (SSSR count). The largest absolute Gasteiger partial charge is 0.473 e. The number of hydrogen-bond acceptors (Lipinski definition) is 7. The first-order valence-electron chi connectivity index (χ1n) is 9.55. The first-order valence-corrected chi connectivity index (χ1v) is 9.55. The number of benzene rings is 2. The molecule has 0 N–H and O–H groups in total. The van der Waals surface area contributed by atoms with Gasteiger partial charge in [-0.3, -0.25) is 4.79 Å². The smallest absolute Gasteiger partial charge is 0.375 e. The van der Waals surface area contributed by atoms with Crippen LogP contribution in [0.3, 0.4) is 0 Å². The maximum Gasteiger partial charge on any atom is 0.375 e. The Labute approximate surface area is 174 Å². The fourth-order valence-corrected chi connectivity index (χ4v) is 2.57. The number of ketones is 1. The highest BCUT2D eigenvalue weighted by Gasteiger charge is 2.18. The second kappa shape index (κ2) is 10.7. The average molecular weight is 406 g/mol. The van der Waals surface area contributed by atoms with Gasteiger partial charge in [-0.25, -0.2) is 4.79 Å². The zero-order valence-electron chi connectivity index (χ0n) is 16.6. The maximum absolute atomic E-state index is 12.0. The van der Waals surface area contributed by atoms with Gasteiger partial charge in [-0.15, -0.1) is 0 Å². The Hall–Kier alpha value is -3.74. The summed E-state index contributed by atoms with van der Waals surface area (Å²) in [6.45, 7) is 2.34. The normalized spacial score (nSPS) is 10.3. The summed E-state index contributed by atoms with van der Waals surface area (Å²) in [5, 5.41) is 0. The van der Waals surface area contributed by atoms with E-state index < -0.39 is 11.8 Å². The molecule has 0 radical (unpaired) electrons. The Kier molecular flexibility index (Phi) is 7.49. The van der Waals surface area contributed by atoms with Gasteiger partial charge in [0.15, 0.2) is 0 Å². The van der Waals surface area contributed by atoms with E-state index in [0.717, 1.165) is 11.1 Å². The van der Waals surface area contributed by atoms with Crippen molar-refractivity contribution in [3.05, 3.63) is 83.7 Å². The predicted octanol–water partition coefficient (Wildman–Crippen LogP) is 3.31. The molecule has 0 fully saturated rings. The Morgan fingerprint density at radius 1 is 0.800 bits per heavy atom. The molecule has 0 unspecified atom stereocenters. The quantitative estimate of drug-likeness (QED) is 0.377. The fourth-order valence-electron chi connectivity index (χ4n) is 2.57. The van der Waals surface area contributed by atoms with Gasteiger partial charge in [0, 0.05) is 0 Å². The van der Waals surface area contributed by atoms with Crippen LogP contribution in [0, 0.1) is 0 Å². The number of nitrogens with zero attached hydrogens (tertiary/aromatic N) is 2. The van der Waals surface area contributed by atoms with Gasteiger partial charge in [0.2, 0.25) is 17.5 Å². The van der Waals surface area contributed by atoms with Crippen molar-refractivity contribution >= 4 is 11.8 Å². The van der Waals surface area contributed by atoms with Gasteiger partial charge in [0.05, 0.1) is 19.1 Å². The summed E-state index contributed by atoms with van der Waals surface area (Å²) < 4.78 is 16.3. The highest BCUT2D eigenvalue weighted by Crippen LogP contribution is 2.19. The fraction of sp³-hybridized carbons (Fsp3) is 0.217. The molecule has 30 heavy (non-hydrogen) atoms. The standard InChI is InChI=1S/C23H22N2O5/c1-2-28-23(27)19(26)13-20-24-21(29-15-17-9-5-3-6-10-17)14-22(25-20)30-16-18-11-7-4-8-12-18/h3-12,14H,2,13,15-16H2,1H3. The van der Waals surface area contributed by atoms with Gasteiger partial charge in [0.1, 0.15) is 19.0 Å². The van der Waals surface area contributed by atoms with Crippen LogP contribution in [0.2, 0.25) is 0 Å². The molecule has 1 heterocycles. The van der Waals surface area contributed by atoms with Gasteiger partial charge in [-0.1, -0.05) is 60.7 Å². The van der Waals surface area contributed by atoms with E-state index in [1.54, 1.807) is 13.0 Å². The van der Waals surface area contributed by atoms with Gasteiger partial charge < -0.3 is 14.2 Å². The van der Waals surface area contributed by atoms with E-state index in [4.69, 9.17) is 14.2 Å². The third-order valence-electron chi connectivity index (χ3n) is 4.01. The van der Waals surface area contributed by atoms with E-state index in [-0.39, 0.29) is 30.6 Å². The van der Waals surface area contributed by atoms with Crippen LogP contribution in [0.15, 0.2) is 66.7 Å². The average Bonchev–Trinajstić information content (AvgIpc) is 2.78. The van der Waals surface area contributed by atoms with Crippen molar-refractivity contribution in [3.8, 4) is 11.8 Å². The lowest BCUT2D eigenvalue weighted by atomic mass is 10.2. The molecule has 0 saturated carbocycles. The number of carbonyl (C=O) groups excluding carboxylic acids is 2. The summed E-state index contributed by atoms with van der Waals surface area (Å²) in [6.07, 6.45) is -0.303. The van der Waals surface area contributed by atoms with Gasteiger partial charge in [0.25, 0.3) is 0 Å². The third kappa shape index (κ3) is 6.41. The third-order valence-corrected chi connectivity index (χ3v) is 4.01. The van der Waals surface area contributed by atoms with Crippen LogP contribution in [0.4, 0.5) is 0 Å². The summed E-state index contributed by atoms with van der Waals surface area (Å²) in [4.78, 5) is 32.2. The lowest BCUT2D eigenvalue weighted by molar-refractivity contribution is -0.153. The van der Waals surface area contributed by atoms with Crippen LogP contribution in [-0.2, 0) is 34.0 Å². The number of hydrogen-bond donors (Lipinski definition) is 0. The minimum atomic E-state index is -0.913. The highest BCUT2D eigenvalue weighted by molar-refractivity contribution is 6.33. The summed E-state index contributed by atoms with van der Waals surface area (Å²) in [5.41, 5.74) is 1.93. The minimum absolute atomic E-state index is 0.122. The zero-order chi connectivity index (χ0) is 21.2. The number of Topliss-reactive ketones (excluding diaryl/α,β-unsaturated/α-hetero) is 1. The van der Waals surface area contributed by atoms with Crippen LogP contribution < -0.4 is 9.47 Å². The topological polar surface area (TPSA) is 87.6 Å². The van der Waals surface area contributed by atoms with Crippen LogP contribution in [0.5, 0.6) is 11.8 Å². The minimum Gasteiger partial charge on any atom is -0.473 e. The Morgan fingerprint density at radius 2 is 1.30 bits per heavy atom. The molecule has 0 bridgehead atoms. The SMILES string of the molecule is CCOC(=O)C(=O)Cc1nc(OCc2ccccc2)cc(OCc2ccccc2)n1. The van der Waals surface area contributed by atoms with Gasteiger partial charge in [-0.2, -0.15) is 9.97 Å². The second-order valence-electron chi connectivity index (χ2n) is 6.33. The molecule has 0 aliphatic rings. The molecule has 0 aliphatic heterocycles. The van der Waals surface area contributed by atoms with Crippen molar-refractivity contribution in [2.75, 3.05) is 6.61 Å². The number of rotatable bonds is 10. The molecule has 7 heteroatoms. The van der Waals surface area contributed by atoms with E-state index in [2.05, 4.69) is 9.97 Å². The summed E-state index contributed by atoms with van der Waals surface area (Å²) in [7, 11) is 0. The predicted molar refractivity (Wildman–Crippen MR) is 109 cm³/mol. The number of carbonyl (C=O) groups is 2. The Balaban J connectivity index is 1.75. The van der Waals surface area contributed by atoms with Crippen molar-refractivity contribution in [3.63, 3.8) is 0 Å². The molecule has 1 aromatic heterocycles. The first-order chi connectivity index (χ1) is 14.6. The molecule has 0 aliphatic carbocycles. The van der Waals surface area contributed by atoms with E-state index in [9.17, 15) is 9.59 Å². The van der Waals surface area contributed by atoms with Crippen molar-refractivity contribution in [2.45, 2.75) is 26.6 Å². The molecule has 154 valence electrons. The van der Waals surface area contributed by atoms with Crippen molar-refractivity contribution in [2.24, 2.45) is 0 Å². The second-order valence-corrected chi connectivity index (χ2v) is 6.33. The van der Waals surface area contributed by atoms with Crippen molar-refractivity contribution in [1.29, 1.82) is 0 Å². The highest BCUT2D eigenvalue weighted by atomic mass is 16.5. The lowest BCUT2D eigenvalue weighted by Gasteiger charge is -2.11. The van der Waals surface area contributed by atoms with E-state index >= 15 is 0 Å². The van der Waals surface area contributed by atoms with Crippen LogP contribution >= 0.6 is 0 Å². The van der Waals surface area contributed by atoms with Crippen molar-refractivity contribution < 1.29 is 23.8 Å². The maximum atomic E-state index is 12.0. The number of esters is 1.